The van der Waals surface area contributed by atoms with Crippen LogP contribution in [0.4, 0.5) is 0 Å². The molecule has 1 saturated heterocycles. The number of aromatic nitrogens is 2. The van der Waals surface area contributed by atoms with Gasteiger partial charge in [0.1, 0.15) is 0 Å². The van der Waals surface area contributed by atoms with Crippen LogP contribution < -0.4 is 4.72 Å². The number of sulfonamides is 1. The minimum atomic E-state index is -3.07. The maximum absolute atomic E-state index is 11.0. The Morgan fingerprint density at radius 1 is 1.53 bits per heavy atom. The van der Waals surface area contributed by atoms with E-state index in [0.717, 1.165) is 25.9 Å². The molecule has 1 N–H and O–H groups in total. The van der Waals surface area contributed by atoms with Gasteiger partial charge in [0.25, 0.3) is 0 Å². The molecule has 1 aromatic rings. The Labute approximate surface area is 114 Å². The topological polar surface area (TPSA) is 67.2 Å². The van der Waals surface area contributed by atoms with Gasteiger partial charge in [-0.25, -0.2) is 13.1 Å². The lowest BCUT2D eigenvalue weighted by Gasteiger charge is -2.23. The molecule has 2 heterocycles. The van der Waals surface area contributed by atoms with Crippen molar-refractivity contribution in [2.75, 3.05) is 19.3 Å². The molecule has 0 saturated carbocycles. The zero-order chi connectivity index (χ0) is 13.9. The van der Waals surface area contributed by atoms with E-state index in [0.29, 0.717) is 12.6 Å². The van der Waals surface area contributed by atoms with Crippen LogP contribution in [0.5, 0.6) is 0 Å². The van der Waals surface area contributed by atoms with Crippen molar-refractivity contribution in [1.29, 1.82) is 0 Å². The van der Waals surface area contributed by atoms with Crippen molar-refractivity contribution in [3.05, 3.63) is 18.0 Å². The summed E-state index contributed by atoms with van der Waals surface area (Å²) in [7, 11) is -1.15. The highest BCUT2D eigenvalue weighted by Crippen LogP contribution is 2.22. The zero-order valence-corrected chi connectivity index (χ0v) is 12.4. The standard InChI is InChI=1S/C12H22N4O2S/c1-15-9-11(8-13-15)10-16-7-3-4-12(16)5-6-14-19(2,17)18/h8-9,12,14H,3-7,10H2,1-2H3. The molecule has 0 radical (unpaired) electrons. The van der Waals surface area contributed by atoms with E-state index in [2.05, 4.69) is 14.7 Å². The summed E-state index contributed by atoms with van der Waals surface area (Å²) in [5.74, 6) is 0. The summed E-state index contributed by atoms with van der Waals surface area (Å²) in [5, 5.41) is 4.18. The highest BCUT2D eigenvalue weighted by Gasteiger charge is 2.24. The summed E-state index contributed by atoms with van der Waals surface area (Å²) in [4.78, 5) is 2.42. The van der Waals surface area contributed by atoms with E-state index in [-0.39, 0.29) is 0 Å². The van der Waals surface area contributed by atoms with Crippen LogP contribution in [0, 0.1) is 0 Å². The van der Waals surface area contributed by atoms with Crippen LogP contribution in [-0.4, -0.2) is 48.5 Å². The number of rotatable bonds is 6. The Bertz CT molecular complexity index is 512. The summed E-state index contributed by atoms with van der Waals surface area (Å²) in [6.07, 6.45) is 8.33. The molecule has 0 aliphatic carbocycles. The Hall–Kier alpha value is -0.920. The van der Waals surface area contributed by atoms with Crippen LogP contribution in [0.25, 0.3) is 0 Å². The maximum atomic E-state index is 11.0. The second-order valence-corrected chi connectivity index (χ2v) is 7.08. The minimum Gasteiger partial charge on any atom is -0.296 e. The van der Waals surface area contributed by atoms with Gasteiger partial charge in [-0.05, 0) is 25.8 Å². The Morgan fingerprint density at radius 3 is 2.95 bits per heavy atom. The third-order valence-electron chi connectivity index (χ3n) is 3.48. The fraction of sp³-hybridized carbons (Fsp3) is 0.750. The van der Waals surface area contributed by atoms with E-state index in [1.165, 1.54) is 18.2 Å². The predicted octanol–water partition coefficient (Wildman–Crippen LogP) is 0.324. The van der Waals surface area contributed by atoms with Crippen LogP contribution in [0.15, 0.2) is 12.4 Å². The number of nitrogens with zero attached hydrogens (tertiary/aromatic N) is 3. The average molecular weight is 286 g/mol. The molecular weight excluding hydrogens is 264 g/mol. The zero-order valence-electron chi connectivity index (χ0n) is 11.5. The molecule has 1 fully saturated rings. The third-order valence-corrected chi connectivity index (χ3v) is 4.21. The van der Waals surface area contributed by atoms with Crippen molar-refractivity contribution >= 4 is 10.0 Å². The van der Waals surface area contributed by atoms with Crippen molar-refractivity contribution in [2.24, 2.45) is 7.05 Å². The molecule has 7 heteroatoms. The van der Waals surface area contributed by atoms with Gasteiger partial charge in [-0.3, -0.25) is 9.58 Å². The lowest BCUT2D eigenvalue weighted by molar-refractivity contribution is 0.235. The van der Waals surface area contributed by atoms with Gasteiger partial charge in [0, 0.05) is 37.9 Å². The van der Waals surface area contributed by atoms with Crippen LogP contribution in [-0.2, 0) is 23.6 Å². The van der Waals surface area contributed by atoms with Crippen molar-refractivity contribution < 1.29 is 8.42 Å². The molecule has 1 aliphatic heterocycles. The van der Waals surface area contributed by atoms with E-state index in [4.69, 9.17) is 0 Å². The van der Waals surface area contributed by atoms with Gasteiger partial charge in [0.15, 0.2) is 0 Å². The number of hydrogen-bond donors (Lipinski definition) is 1. The first-order valence-corrected chi connectivity index (χ1v) is 8.49. The largest absolute Gasteiger partial charge is 0.296 e. The summed E-state index contributed by atoms with van der Waals surface area (Å²) in [6.45, 7) is 2.50. The van der Waals surface area contributed by atoms with Crippen LogP contribution >= 0.6 is 0 Å². The normalized spacial score (nSPS) is 21.1. The van der Waals surface area contributed by atoms with E-state index < -0.39 is 10.0 Å². The maximum Gasteiger partial charge on any atom is 0.208 e. The number of hydrogen-bond acceptors (Lipinski definition) is 4. The number of likely N-dealkylation sites (tertiary alicyclic amines) is 1. The smallest absolute Gasteiger partial charge is 0.208 e. The molecule has 0 amide bonds. The molecule has 1 aliphatic rings. The molecule has 0 bridgehead atoms. The highest BCUT2D eigenvalue weighted by molar-refractivity contribution is 7.88. The average Bonchev–Trinajstić information content (AvgIpc) is 2.88. The second kappa shape index (κ2) is 6.02. The first kappa shape index (κ1) is 14.5. The van der Waals surface area contributed by atoms with E-state index in [1.54, 1.807) is 0 Å². The fourth-order valence-corrected chi connectivity index (χ4v) is 3.12. The first-order chi connectivity index (χ1) is 8.94. The Morgan fingerprint density at radius 2 is 2.32 bits per heavy atom. The molecule has 1 atom stereocenters. The first-order valence-electron chi connectivity index (χ1n) is 6.60. The van der Waals surface area contributed by atoms with Crippen molar-refractivity contribution in [1.82, 2.24) is 19.4 Å². The quantitative estimate of drug-likeness (QED) is 0.818. The molecule has 0 spiro atoms. The van der Waals surface area contributed by atoms with Crippen LogP contribution in [0.3, 0.4) is 0 Å². The van der Waals surface area contributed by atoms with Crippen LogP contribution in [0.1, 0.15) is 24.8 Å². The van der Waals surface area contributed by atoms with E-state index >= 15 is 0 Å². The second-order valence-electron chi connectivity index (χ2n) is 5.24. The van der Waals surface area contributed by atoms with Crippen molar-refractivity contribution in [2.45, 2.75) is 31.8 Å². The Balaban J connectivity index is 1.83. The molecule has 1 aromatic heterocycles. The lowest BCUT2D eigenvalue weighted by Crippen LogP contribution is -2.33. The van der Waals surface area contributed by atoms with Gasteiger partial charge in [-0.1, -0.05) is 0 Å². The van der Waals surface area contributed by atoms with Gasteiger partial charge in [0.2, 0.25) is 10.0 Å². The number of aryl methyl sites for hydroxylation is 1. The monoisotopic (exact) mass is 286 g/mol. The molecule has 108 valence electrons. The van der Waals surface area contributed by atoms with Gasteiger partial charge >= 0.3 is 0 Å². The molecule has 2 rings (SSSR count). The molecule has 6 nitrogen and oxygen atoms in total. The fourth-order valence-electron chi connectivity index (χ4n) is 2.63. The summed E-state index contributed by atoms with van der Waals surface area (Å²) >= 11 is 0. The molecule has 1 unspecified atom stereocenters. The van der Waals surface area contributed by atoms with E-state index in [1.807, 2.05) is 24.1 Å². The highest BCUT2D eigenvalue weighted by atomic mass is 32.2. The van der Waals surface area contributed by atoms with Crippen molar-refractivity contribution in [3.8, 4) is 0 Å². The summed E-state index contributed by atoms with van der Waals surface area (Å²) in [6, 6.07) is 0.467. The van der Waals surface area contributed by atoms with Crippen molar-refractivity contribution in [3.63, 3.8) is 0 Å². The third kappa shape index (κ3) is 4.59. The molecule has 0 aromatic carbocycles. The summed E-state index contributed by atoms with van der Waals surface area (Å²) < 4.78 is 26.5. The number of nitrogens with one attached hydrogen (secondary N) is 1. The SMILES string of the molecule is Cn1cc(CN2CCCC2CCNS(C)(=O)=O)cn1. The van der Waals surface area contributed by atoms with Gasteiger partial charge < -0.3 is 0 Å². The van der Waals surface area contributed by atoms with Crippen LogP contribution in [0.2, 0.25) is 0 Å². The minimum absolute atomic E-state index is 0.467. The Kier molecular flexibility index (Phi) is 4.59. The van der Waals surface area contributed by atoms with Gasteiger partial charge in [-0.15, -0.1) is 0 Å². The van der Waals surface area contributed by atoms with Gasteiger partial charge in [0.05, 0.1) is 12.5 Å². The van der Waals surface area contributed by atoms with E-state index in [9.17, 15) is 8.42 Å². The molecular formula is C12H22N4O2S. The molecule has 19 heavy (non-hydrogen) atoms. The lowest BCUT2D eigenvalue weighted by atomic mass is 10.1. The summed E-state index contributed by atoms with van der Waals surface area (Å²) in [5.41, 5.74) is 1.21. The predicted molar refractivity (Wildman–Crippen MR) is 74.1 cm³/mol. The van der Waals surface area contributed by atoms with Gasteiger partial charge in [-0.2, -0.15) is 5.10 Å².